The number of hydrogen-bond donors (Lipinski definition) is 1. The minimum atomic E-state index is 0.431. The summed E-state index contributed by atoms with van der Waals surface area (Å²) in [5.41, 5.74) is 10.2. The predicted octanol–water partition coefficient (Wildman–Crippen LogP) is 5.49. The lowest BCUT2D eigenvalue weighted by atomic mass is 9.45. The number of rotatable bonds is 7. The molecule has 0 amide bonds. The molecule has 0 aliphatic heterocycles. The Hall–Kier alpha value is -1.69. The summed E-state index contributed by atoms with van der Waals surface area (Å²) in [5.74, 6) is 3.50. The monoisotopic (exact) mass is 453 g/mol. The summed E-state index contributed by atoms with van der Waals surface area (Å²) in [4.78, 5) is 5.75. The molecule has 2 N–H and O–H groups in total. The molecule has 6 atom stereocenters. The second-order valence-electron chi connectivity index (χ2n) is 11.8. The molecule has 0 bridgehead atoms. The van der Waals surface area contributed by atoms with Crippen molar-refractivity contribution in [2.24, 2.45) is 45.4 Å². The Morgan fingerprint density at radius 2 is 2.03 bits per heavy atom. The standard InChI is InChI=1S/C27H43N5O/c1-19-6-9-24-23-8-7-20-16-21(10-12-27(20,3)25(23)11-13-26(19,24)2)30-33-15-5-4-14-32-18-22(17-28)29-31-32/h18,20,23-25H,1,4-17,28H2,2-3H3. The summed E-state index contributed by atoms with van der Waals surface area (Å²) in [5, 5.41) is 12.7. The van der Waals surface area contributed by atoms with Crippen LogP contribution in [0.5, 0.6) is 0 Å². The lowest BCUT2D eigenvalue weighted by Gasteiger charge is -2.60. The van der Waals surface area contributed by atoms with Crippen molar-refractivity contribution in [1.29, 1.82) is 0 Å². The Balaban J connectivity index is 1.11. The Morgan fingerprint density at radius 1 is 1.15 bits per heavy atom. The van der Waals surface area contributed by atoms with Gasteiger partial charge >= 0.3 is 0 Å². The van der Waals surface area contributed by atoms with Crippen molar-refractivity contribution in [3.63, 3.8) is 0 Å². The van der Waals surface area contributed by atoms with Crippen molar-refractivity contribution in [1.82, 2.24) is 15.0 Å². The minimum absolute atomic E-state index is 0.431. The highest BCUT2D eigenvalue weighted by atomic mass is 16.6. The molecule has 6 heteroatoms. The molecule has 6 unspecified atom stereocenters. The summed E-state index contributed by atoms with van der Waals surface area (Å²) in [6, 6.07) is 0. The third kappa shape index (κ3) is 4.17. The van der Waals surface area contributed by atoms with Gasteiger partial charge in [0.15, 0.2) is 0 Å². The molecule has 4 aliphatic rings. The maximum absolute atomic E-state index is 5.75. The molecule has 4 fully saturated rings. The van der Waals surface area contributed by atoms with Crippen LogP contribution in [0.2, 0.25) is 0 Å². The first-order valence-electron chi connectivity index (χ1n) is 13.4. The highest BCUT2D eigenvalue weighted by Crippen LogP contribution is 2.66. The number of aromatic nitrogens is 3. The molecular weight excluding hydrogens is 410 g/mol. The minimum Gasteiger partial charge on any atom is -0.396 e. The van der Waals surface area contributed by atoms with Crippen molar-refractivity contribution in [2.45, 2.75) is 97.6 Å². The molecule has 4 aliphatic carbocycles. The summed E-state index contributed by atoms with van der Waals surface area (Å²) in [6.45, 7) is 11.6. The quantitative estimate of drug-likeness (QED) is 0.336. The van der Waals surface area contributed by atoms with Crippen LogP contribution in [0.1, 0.15) is 90.2 Å². The van der Waals surface area contributed by atoms with E-state index < -0.39 is 0 Å². The molecule has 33 heavy (non-hydrogen) atoms. The van der Waals surface area contributed by atoms with Crippen LogP contribution in [0.4, 0.5) is 0 Å². The molecule has 5 rings (SSSR count). The van der Waals surface area contributed by atoms with Crippen LogP contribution in [0.3, 0.4) is 0 Å². The molecule has 0 radical (unpaired) electrons. The van der Waals surface area contributed by atoms with Crippen LogP contribution in [0.25, 0.3) is 0 Å². The number of nitrogens with zero attached hydrogens (tertiary/aromatic N) is 4. The Kier molecular flexibility index (Phi) is 6.41. The van der Waals surface area contributed by atoms with Gasteiger partial charge in [0.05, 0.1) is 11.4 Å². The van der Waals surface area contributed by atoms with Crippen LogP contribution in [-0.4, -0.2) is 27.3 Å². The van der Waals surface area contributed by atoms with E-state index in [4.69, 9.17) is 10.6 Å². The lowest BCUT2D eigenvalue weighted by molar-refractivity contribution is -0.0859. The van der Waals surface area contributed by atoms with E-state index in [0.29, 0.717) is 24.0 Å². The number of hydrogen-bond acceptors (Lipinski definition) is 5. The number of nitrogens with two attached hydrogens (primary N) is 1. The molecule has 0 saturated heterocycles. The molecule has 0 aromatic carbocycles. The van der Waals surface area contributed by atoms with E-state index in [-0.39, 0.29) is 0 Å². The van der Waals surface area contributed by atoms with Crippen LogP contribution in [0.15, 0.2) is 23.5 Å². The van der Waals surface area contributed by atoms with Crippen LogP contribution in [-0.2, 0) is 17.9 Å². The van der Waals surface area contributed by atoms with Gasteiger partial charge in [-0.1, -0.05) is 36.4 Å². The molecule has 1 aromatic heterocycles. The van der Waals surface area contributed by atoms with Crippen molar-refractivity contribution in [2.75, 3.05) is 6.61 Å². The van der Waals surface area contributed by atoms with Gasteiger partial charge in [0.25, 0.3) is 0 Å². The van der Waals surface area contributed by atoms with Crippen molar-refractivity contribution >= 4 is 5.71 Å². The fourth-order valence-electron chi connectivity index (χ4n) is 8.17. The van der Waals surface area contributed by atoms with E-state index in [9.17, 15) is 0 Å². The topological polar surface area (TPSA) is 78.3 Å². The molecular formula is C27H43N5O. The van der Waals surface area contributed by atoms with Gasteiger partial charge in [-0.05, 0) is 105 Å². The number of aryl methyl sites for hydroxylation is 1. The molecule has 182 valence electrons. The Morgan fingerprint density at radius 3 is 2.85 bits per heavy atom. The second-order valence-corrected chi connectivity index (χ2v) is 11.8. The van der Waals surface area contributed by atoms with Gasteiger partial charge in [-0.25, -0.2) is 0 Å². The molecule has 4 saturated carbocycles. The Labute approximate surface area is 199 Å². The fraction of sp³-hybridized carbons (Fsp3) is 0.815. The van der Waals surface area contributed by atoms with Crippen LogP contribution in [0, 0.1) is 34.5 Å². The average Bonchev–Trinajstić information content (AvgIpc) is 3.40. The van der Waals surface area contributed by atoms with Gasteiger partial charge in [-0.2, -0.15) is 0 Å². The summed E-state index contributed by atoms with van der Waals surface area (Å²) in [7, 11) is 0. The first-order valence-corrected chi connectivity index (χ1v) is 13.4. The number of oxime groups is 1. The average molecular weight is 454 g/mol. The number of fused-ring (bicyclic) bond motifs is 5. The first kappa shape index (κ1) is 23.1. The fourth-order valence-corrected chi connectivity index (χ4v) is 8.17. The van der Waals surface area contributed by atoms with Crippen molar-refractivity contribution in [3.8, 4) is 0 Å². The van der Waals surface area contributed by atoms with Gasteiger partial charge in [-0.3, -0.25) is 4.68 Å². The zero-order valence-corrected chi connectivity index (χ0v) is 20.8. The van der Waals surface area contributed by atoms with Gasteiger partial charge in [0, 0.05) is 19.3 Å². The molecule has 1 aromatic rings. The first-order chi connectivity index (χ1) is 15.9. The number of unbranched alkanes of at least 4 members (excludes halogenated alkanes) is 1. The third-order valence-corrected chi connectivity index (χ3v) is 10.3. The largest absolute Gasteiger partial charge is 0.396 e. The summed E-state index contributed by atoms with van der Waals surface area (Å²) in [6.07, 6.45) is 15.7. The normalized spacial score (nSPS) is 39.2. The van der Waals surface area contributed by atoms with E-state index in [1.54, 1.807) is 5.57 Å². The highest BCUT2D eigenvalue weighted by molar-refractivity contribution is 5.85. The van der Waals surface area contributed by atoms with E-state index >= 15 is 0 Å². The SMILES string of the molecule is C=C1CCC2C3CCC4CC(=NOCCCCn5cc(CN)nn5)CCC4(C)C3CCC12C. The van der Waals surface area contributed by atoms with Crippen LogP contribution < -0.4 is 5.73 Å². The third-order valence-electron chi connectivity index (χ3n) is 10.3. The highest BCUT2D eigenvalue weighted by Gasteiger charge is 2.58. The predicted molar refractivity (Wildman–Crippen MR) is 131 cm³/mol. The zero-order valence-electron chi connectivity index (χ0n) is 20.8. The van der Waals surface area contributed by atoms with Gasteiger partial charge in [-0.15, -0.1) is 5.10 Å². The molecule has 1 heterocycles. The van der Waals surface area contributed by atoms with Crippen molar-refractivity contribution < 1.29 is 4.84 Å². The number of allylic oxidation sites excluding steroid dienone is 1. The van der Waals surface area contributed by atoms with Gasteiger partial charge < -0.3 is 10.6 Å². The van der Waals surface area contributed by atoms with Gasteiger partial charge in [0.2, 0.25) is 0 Å². The molecule has 6 nitrogen and oxygen atoms in total. The van der Waals surface area contributed by atoms with Gasteiger partial charge in [0.1, 0.15) is 6.61 Å². The second kappa shape index (κ2) is 9.16. The van der Waals surface area contributed by atoms with E-state index in [1.807, 2.05) is 10.9 Å². The van der Waals surface area contributed by atoms with Crippen molar-refractivity contribution in [3.05, 3.63) is 24.0 Å². The lowest BCUT2D eigenvalue weighted by Crippen LogP contribution is -2.52. The Bertz CT molecular complexity index is 893. The molecule has 0 spiro atoms. The van der Waals surface area contributed by atoms with E-state index in [1.165, 1.54) is 50.7 Å². The summed E-state index contributed by atoms with van der Waals surface area (Å²) >= 11 is 0. The summed E-state index contributed by atoms with van der Waals surface area (Å²) < 4.78 is 1.86. The van der Waals surface area contributed by atoms with E-state index in [0.717, 1.165) is 61.6 Å². The maximum Gasteiger partial charge on any atom is 0.117 e. The van der Waals surface area contributed by atoms with Crippen LogP contribution >= 0.6 is 0 Å². The zero-order chi connectivity index (χ0) is 23.1. The smallest absolute Gasteiger partial charge is 0.117 e. The maximum atomic E-state index is 5.75. The van der Waals surface area contributed by atoms with E-state index in [2.05, 4.69) is 35.9 Å².